The van der Waals surface area contributed by atoms with E-state index in [0.717, 1.165) is 0 Å². The molecule has 5 heteroatoms. The number of hydrogen-bond acceptors (Lipinski definition) is 5. The van der Waals surface area contributed by atoms with E-state index in [0.29, 0.717) is 5.39 Å². The lowest BCUT2D eigenvalue weighted by molar-refractivity contribution is -0.134. The van der Waals surface area contributed by atoms with E-state index < -0.39 is 17.3 Å². The van der Waals surface area contributed by atoms with Gasteiger partial charge in [0.15, 0.2) is 5.75 Å². The molecule has 0 aliphatic heterocycles. The van der Waals surface area contributed by atoms with Gasteiger partial charge in [-0.2, -0.15) is 0 Å². The molecule has 0 radical (unpaired) electrons. The molecule has 1 heterocycles. The number of rotatable bonds is 2. The highest BCUT2D eigenvalue weighted by atomic mass is 16.6. The van der Waals surface area contributed by atoms with Crippen LogP contribution in [0, 0.1) is 0 Å². The first-order valence-corrected chi connectivity index (χ1v) is 5.09. The van der Waals surface area contributed by atoms with E-state index in [2.05, 4.69) is 0 Å². The van der Waals surface area contributed by atoms with Crippen LogP contribution in [0.1, 0.15) is 13.3 Å². The van der Waals surface area contributed by atoms with E-state index in [1.807, 2.05) is 0 Å². The number of hydrogen-bond donors (Lipinski definition) is 1. The molecular formula is C12H10O5. The van der Waals surface area contributed by atoms with Crippen LogP contribution in [0.2, 0.25) is 0 Å². The smallest absolute Gasteiger partial charge is 0.383 e. The van der Waals surface area contributed by atoms with Crippen molar-refractivity contribution in [3.05, 3.63) is 34.7 Å². The van der Waals surface area contributed by atoms with E-state index in [4.69, 9.17) is 9.15 Å². The second-order valence-corrected chi connectivity index (χ2v) is 3.39. The van der Waals surface area contributed by atoms with Crippen molar-refractivity contribution < 1.29 is 19.1 Å². The molecule has 0 amide bonds. The summed E-state index contributed by atoms with van der Waals surface area (Å²) in [7, 11) is 0. The van der Waals surface area contributed by atoms with Crippen LogP contribution < -0.4 is 10.4 Å². The molecular weight excluding hydrogens is 224 g/mol. The third kappa shape index (κ3) is 1.99. The summed E-state index contributed by atoms with van der Waals surface area (Å²) in [5.41, 5.74) is -0.630. The lowest BCUT2D eigenvalue weighted by atomic mass is 10.2. The molecule has 5 nitrogen and oxygen atoms in total. The predicted octanol–water partition coefficient (Wildman–Crippen LogP) is 1.81. The van der Waals surface area contributed by atoms with Crippen LogP contribution in [-0.2, 0) is 4.79 Å². The van der Waals surface area contributed by atoms with E-state index in [-0.39, 0.29) is 17.8 Å². The lowest BCUT2D eigenvalue weighted by Gasteiger charge is -2.05. The van der Waals surface area contributed by atoms with Gasteiger partial charge in [0, 0.05) is 6.42 Å². The number of para-hydroxylation sites is 1. The number of ether oxygens (including phenoxy) is 1. The highest BCUT2D eigenvalue weighted by molar-refractivity contribution is 5.86. The fraction of sp³-hybridized carbons (Fsp3) is 0.167. The number of esters is 1. The van der Waals surface area contributed by atoms with E-state index >= 15 is 0 Å². The minimum absolute atomic E-state index is 0.103. The summed E-state index contributed by atoms with van der Waals surface area (Å²) in [4.78, 5) is 22.6. The molecule has 0 aliphatic carbocycles. The first-order valence-electron chi connectivity index (χ1n) is 5.09. The van der Waals surface area contributed by atoms with Crippen molar-refractivity contribution in [3.63, 3.8) is 0 Å². The Kier molecular flexibility index (Phi) is 2.82. The molecule has 0 bridgehead atoms. The van der Waals surface area contributed by atoms with Crippen molar-refractivity contribution in [3.8, 4) is 11.5 Å². The Morgan fingerprint density at radius 3 is 2.82 bits per heavy atom. The molecule has 2 aromatic rings. The maximum atomic E-state index is 11.5. The first-order chi connectivity index (χ1) is 8.13. The number of carbonyl (C=O) groups is 1. The molecule has 1 aromatic heterocycles. The fourth-order valence-corrected chi connectivity index (χ4v) is 1.39. The van der Waals surface area contributed by atoms with Crippen LogP contribution in [0.5, 0.6) is 11.5 Å². The number of carbonyl (C=O) groups excluding carboxylic acids is 1. The molecule has 0 atom stereocenters. The molecule has 17 heavy (non-hydrogen) atoms. The molecule has 0 spiro atoms. The zero-order valence-corrected chi connectivity index (χ0v) is 9.10. The monoisotopic (exact) mass is 234 g/mol. The third-order valence-electron chi connectivity index (χ3n) is 2.25. The summed E-state index contributed by atoms with van der Waals surface area (Å²) in [6.45, 7) is 1.59. The van der Waals surface area contributed by atoms with E-state index in [1.165, 1.54) is 0 Å². The van der Waals surface area contributed by atoms with Gasteiger partial charge in [-0.3, -0.25) is 4.79 Å². The molecule has 0 unspecified atom stereocenters. The van der Waals surface area contributed by atoms with Crippen LogP contribution in [0.4, 0.5) is 0 Å². The molecule has 0 fully saturated rings. The Morgan fingerprint density at radius 1 is 1.41 bits per heavy atom. The Morgan fingerprint density at radius 2 is 2.12 bits per heavy atom. The van der Waals surface area contributed by atoms with Crippen molar-refractivity contribution in [1.29, 1.82) is 0 Å². The molecule has 0 saturated heterocycles. The Balaban J connectivity index is 2.64. The predicted molar refractivity (Wildman–Crippen MR) is 60.1 cm³/mol. The Labute approximate surface area is 96.2 Å². The summed E-state index contributed by atoms with van der Waals surface area (Å²) in [6, 6.07) is 6.45. The van der Waals surface area contributed by atoms with Gasteiger partial charge in [-0.15, -0.1) is 0 Å². The standard InChI is InChI=1S/C12H10O5/c1-2-9(13)17-11-10(14)7-5-3-4-6-8(7)16-12(11)15/h3-6,14H,2H2,1H3. The quantitative estimate of drug-likeness (QED) is 0.633. The summed E-state index contributed by atoms with van der Waals surface area (Å²) in [6.07, 6.45) is 0.103. The molecule has 0 saturated carbocycles. The second kappa shape index (κ2) is 4.29. The van der Waals surface area contributed by atoms with Gasteiger partial charge in [0.25, 0.3) is 5.75 Å². The van der Waals surface area contributed by atoms with Crippen molar-refractivity contribution in [1.82, 2.24) is 0 Å². The zero-order valence-electron chi connectivity index (χ0n) is 9.10. The van der Waals surface area contributed by atoms with Crippen molar-refractivity contribution in [2.75, 3.05) is 0 Å². The minimum atomic E-state index is -0.872. The van der Waals surface area contributed by atoms with Gasteiger partial charge in [0.05, 0.1) is 5.39 Å². The summed E-state index contributed by atoms with van der Waals surface area (Å²) < 4.78 is 9.66. The fourth-order valence-electron chi connectivity index (χ4n) is 1.39. The number of benzene rings is 1. The second-order valence-electron chi connectivity index (χ2n) is 3.39. The average molecular weight is 234 g/mol. The average Bonchev–Trinajstić information content (AvgIpc) is 2.34. The highest BCUT2D eigenvalue weighted by Crippen LogP contribution is 2.30. The van der Waals surface area contributed by atoms with Gasteiger partial charge < -0.3 is 14.3 Å². The molecule has 1 aromatic carbocycles. The van der Waals surface area contributed by atoms with Crippen molar-refractivity contribution in [2.24, 2.45) is 0 Å². The Hall–Kier alpha value is -2.30. The first kappa shape index (κ1) is 11.2. The van der Waals surface area contributed by atoms with E-state index in [9.17, 15) is 14.7 Å². The number of aromatic hydroxyl groups is 1. The van der Waals surface area contributed by atoms with Gasteiger partial charge >= 0.3 is 11.6 Å². The van der Waals surface area contributed by atoms with Crippen LogP contribution >= 0.6 is 0 Å². The van der Waals surface area contributed by atoms with Gasteiger partial charge in [-0.1, -0.05) is 19.1 Å². The largest absolute Gasteiger partial charge is 0.504 e. The summed E-state index contributed by atoms with van der Waals surface area (Å²) >= 11 is 0. The van der Waals surface area contributed by atoms with Gasteiger partial charge in [-0.05, 0) is 12.1 Å². The summed E-state index contributed by atoms with van der Waals surface area (Å²) in [5, 5.41) is 10.2. The maximum absolute atomic E-state index is 11.5. The lowest BCUT2D eigenvalue weighted by Crippen LogP contribution is -2.13. The summed E-state index contributed by atoms with van der Waals surface area (Å²) in [5.74, 6) is -1.45. The van der Waals surface area contributed by atoms with Crippen LogP contribution in [-0.4, -0.2) is 11.1 Å². The van der Waals surface area contributed by atoms with Crippen LogP contribution in [0.25, 0.3) is 11.0 Å². The van der Waals surface area contributed by atoms with Gasteiger partial charge in [-0.25, -0.2) is 4.79 Å². The molecule has 0 aliphatic rings. The van der Waals surface area contributed by atoms with Gasteiger partial charge in [0.2, 0.25) is 0 Å². The topological polar surface area (TPSA) is 76.7 Å². The van der Waals surface area contributed by atoms with Crippen LogP contribution in [0.15, 0.2) is 33.5 Å². The van der Waals surface area contributed by atoms with Gasteiger partial charge in [0.1, 0.15) is 5.58 Å². The highest BCUT2D eigenvalue weighted by Gasteiger charge is 2.17. The maximum Gasteiger partial charge on any atom is 0.383 e. The SMILES string of the molecule is CCC(=O)Oc1c(O)c2ccccc2oc1=O. The Bertz CT molecular complexity index is 626. The van der Waals surface area contributed by atoms with Crippen LogP contribution in [0.3, 0.4) is 0 Å². The van der Waals surface area contributed by atoms with Crippen molar-refractivity contribution >= 4 is 16.9 Å². The molecule has 1 N–H and O–H groups in total. The van der Waals surface area contributed by atoms with Crippen molar-refractivity contribution in [2.45, 2.75) is 13.3 Å². The third-order valence-corrected chi connectivity index (χ3v) is 2.25. The normalized spacial score (nSPS) is 10.4. The van der Waals surface area contributed by atoms with E-state index in [1.54, 1.807) is 31.2 Å². The molecule has 2 rings (SSSR count). The molecule has 88 valence electrons. The number of fused-ring (bicyclic) bond motifs is 1. The zero-order chi connectivity index (χ0) is 12.4. The minimum Gasteiger partial charge on any atom is -0.504 e.